The van der Waals surface area contributed by atoms with Crippen LogP contribution in [0.5, 0.6) is 5.75 Å². The van der Waals surface area contributed by atoms with Crippen molar-refractivity contribution in [3.8, 4) is 5.75 Å². The van der Waals surface area contributed by atoms with Gasteiger partial charge in [0.05, 0.1) is 6.10 Å². The van der Waals surface area contributed by atoms with Gasteiger partial charge in [-0.3, -0.25) is 0 Å². The Morgan fingerprint density at radius 3 is 2.33 bits per heavy atom. The van der Waals surface area contributed by atoms with Crippen LogP contribution in [0.2, 0.25) is 18.1 Å². The van der Waals surface area contributed by atoms with Crippen LogP contribution in [0.4, 0.5) is 10.1 Å². The molecule has 0 spiro atoms. The third kappa shape index (κ3) is 6.36. The van der Waals surface area contributed by atoms with E-state index in [9.17, 15) is 4.39 Å². The van der Waals surface area contributed by atoms with Crippen LogP contribution in [0, 0.1) is 5.82 Å². The van der Waals surface area contributed by atoms with Crippen molar-refractivity contribution in [3.05, 3.63) is 59.9 Å². The summed E-state index contributed by atoms with van der Waals surface area (Å²) in [6.45, 7) is 14.2. The van der Waals surface area contributed by atoms with Crippen LogP contribution in [0.25, 0.3) is 0 Å². The largest absolute Gasteiger partial charge is 0.486 e. The lowest BCUT2D eigenvalue weighted by Crippen LogP contribution is -2.44. The highest BCUT2D eigenvalue weighted by Crippen LogP contribution is 2.37. The number of nitrogens with one attached hydrogen (secondary N) is 1. The molecular formula is C22H32FNO2Si. The summed E-state index contributed by atoms with van der Waals surface area (Å²) in [5, 5.41) is 3.43. The predicted octanol–water partition coefficient (Wildman–Crippen LogP) is 6.23. The Morgan fingerprint density at radius 1 is 1.07 bits per heavy atom. The quantitative estimate of drug-likeness (QED) is 0.543. The zero-order chi connectivity index (χ0) is 20.1. The third-order valence-electron chi connectivity index (χ3n) is 5.06. The van der Waals surface area contributed by atoms with Gasteiger partial charge in [-0.25, -0.2) is 4.39 Å². The van der Waals surface area contributed by atoms with Gasteiger partial charge in [0.2, 0.25) is 0 Å². The van der Waals surface area contributed by atoms with Crippen LogP contribution in [0.3, 0.4) is 0 Å². The molecule has 2 aromatic carbocycles. The van der Waals surface area contributed by atoms with Gasteiger partial charge in [0.25, 0.3) is 0 Å². The molecule has 0 saturated heterocycles. The number of halogens is 1. The summed E-state index contributed by atoms with van der Waals surface area (Å²) in [5.74, 6) is -0.108. The van der Waals surface area contributed by atoms with Crippen molar-refractivity contribution < 1.29 is 13.6 Å². The second-order valence-corrected chi connectivity index (χ2v) is 13.2. The fraction of sp³-hybridized carbons (Fsp3) is 0.455. The maximum Gasteiger partial charge on any atom is 0.192 e. The van der Waals surface area contributed by atoms with E-state index in [1.807, 2.05) is 36.4 Å². The molecule has 0 amide bonds. The highest BCUT2D eigenvalue weighted by molar-refractivity contribution is 6.74. The van der Waals surface area contributed by atoms with Crippen molar-refractivity contribution in [1.82, 2.24) is 0 Å². The van der Waals surface area contributed by atoms with Crippen LogP contribution in [0.1, 0.15) is 33.3 Å². The third-order valence-corrected chi connectivity index (χ3v) is 9.67. The van der Waals surface area contributed by atoms with E-state index in [1.54, 1.807) is 6.07 Å². The minimum atomic E-state index is -1.80. The molecular weight excluding hydrogens is 357 g/mol. The van der Waals surface area contributed by atoms with Crippen molar-refractivity contribution in [1.29, 1.82) is 0 Å². The molecule has 0 heterocycles. The van der Waals surface area contributed by atoms with E-state index in [0.717, 1.165) is 11.3 Å². The molecule has 2 aromatic rings. The summed E-state index contributed by atoms with van der Waals surface area (Å²) < 4.78 is 26.2. The van der Waals surface area contributed by atoms with Crippen LogP contribution < -0.4 is 10.1 Å². The average Bonchev–Trinajstić information content (AvgIpc) is 2.58. The van der Waals surface area contributed by atoms with Gasteiger partial charge in [0.15, 0.2) is 19.9 Å². The molecule has 1 atom stereocenters. The first-order chi connectivity index (χ1) is 12.6. The van der Waals surface area contributed by atoms with E-state index in [2.05, 4.69) is 46.1 Å². The standard InChI is InChI=1S/C22H32FNO2Si/c1-17(26-27(5,6)22(2,3)4)15-24-19-12-13-21(20(23)14-19)25-16-18-10-8-7-9-11-18/h7-14,17,24H,15-16H2,1-6H3/t17-/m1/s1. The number of ether oxygens (including phenoxy) is 1. The number of rotatable bonds is 8. The molecule has 0 radical (unpaired) electrons. The summed E-state index contributed by atoms with van der Waals surface area (Å²) in [6, 6.07) is 14.7. The molecule has 0 saturated carbocycles. The van der Waals surface area contributed by atoms with Crippen molar-refractivity contribution in [2.75, 3.05) is 11.9 Å². The molecule has 2 rings (SSSR count). The second-order valence-electron chi connectivity index (χ2n) is 8.49. The molecule has 27 heavy (non-hydrogen) atoms. The van der Waals surface area contributed by atoms with Gasteiger partial charge in [-0.05, 0) is 42.8 Å². The van der Waals surface area contributed by atoms with Crippen molar-refractivity contribution in [2.45, 2.75) is 58.5 Å². The lowest BCUT2D eigenvalue weighted by Gasteiger charge is -2.38. The van der Waals surface area contributed by atoms with E-state index in [1.165, 1.54) is 6.07 Å². The Balaban J connectivity index is 1.88. The Hall–Kier alpha value is -1.85. The molecule has 0 unspecified atom stereocenters. The molecule has 148 valence electrons. The summed E-state index contributed by atoms with van der Waals surface area (Å²) in [4.78, 5) is 0. The number of hydrogen-bond acceptors (Lipinski definition) is 3. The Labute approximate surface area is 164 Å². The van der Waals surface area contributed by atoms with Gasteiger partial charge in [0, 0.05) is 18.3 Å². The van der Waals surface area contributed by atoms with Crippen molar-refractivity contribution in [3.63, 3.8) is 0 Å². The predicted molar refractivity (Wildman–Crippen MR) is 113 cm³/mol. The van der Waals surface area contributed by atoms with Crippen LogP contribution >= 0.6 is 0 Å². The maximum absolute atomic E-state index is 14.3. The lowest BCUT2D eigenvalue weighted by molar-refractivity contribution is 0.211. The molecule has 0 bridgehead atoms. The first kappa shape index (κ1) is 21.4. The highest BCUT2D eigenvalue weighted by Gasteiger charge is 2.38. The van der Waals surface area contributed by atoms with Gasteiger partial charge in [0.1, 0.15) is 6.61 Å². The smallest absolute Gasteiger partial charge is 0.192 e. The Morgan fingerprint density at radius 2 is 1.74 bits per heavy atom. The summed E-state index contributed by atoms with van der Waals surface area (Å²) in [7, 11) is -1.80. The van der Waals surface area contributed by atoms with Gasteiger partial charge < -0.3 is 14.5 Å². The van der Waals surface area contributed by atoms with Crippen LogP contribution in [0.15, 0.2) is 48.5 Å². The fourth-order valence-corrected chi connectivity index (χ4v) is 3.89. The first-order valence-electron chi connectivity index (χ1n) is 9.46. The lowest BCUT2D eigenvalue weighted by atomic mass is 10.2. The first-order valence-corrected chi connectivity index (χ1v) is 12.4. The van der Waals surface area contributed by atoms with E-state index in [0.29, 0.717) is 13.2 Å². The van der Waals surface area contributed by atoms with Crippen LogP contribution in [-0.4, -0.2) is 21.0 Å². The number of hydrogen-bond donors (Lipinski definition) is 1. The van der Waals surface area contributed by atoms with Gasteiger partial charge in [-0.15, -0.1) is 0 Å². The molecule has 3 nitrogen and oxygen atoms in total. The zero-order valence-corrected chi connectivity index (χ0v) is 18.3. The molecule has 0 aliphatic rings. The summed E-state index contributed by atoms with van der Waals surface area (Å²) >= 11 is 0. The summed E-state index contributed by atoms with van der Waals surface area (Å²) in [6.07, 6.45) is 0.0583. The minimum absolute atomic E-state index is 0.0583. The highest BCUT2D eigenvalue weighted by atomic mass is 28.4. The van der Waals surface area contributed by atoms with Gasteiger partial charge >= 0.3 is 0 Å². The molecule has 0 fully saturated rings. The number of anilines is 1. The van der Waals surface area contributed by atoms with Crippen molar-refractivity contribution in [2.24, 2.45) is 0 Å². The molecule has 1 N–H and O–H groups in total. The monoisotopic (exact) mass is 389 g/mol. The van der Waals surface area contributed by atoms with E-state index < -0.39 is 8.32 Å². The van der Waals surface area contributed by atoms with E-state index in [-0.39, 0.29) is 22.7 Å². The fourth-order valence-electron chi connectivity index (χ4n) is 2.45. The number of benzene rings is 2. The average molecular weight is 390 g/mol. The normalized spacial score (nSPS) is 13.3. The Kier molecular flexibility index (Phi) is 7.06. The molecule has 0 aliphatic heterocycles. The zero-order valence-electron chi connectivity index (χ0n) is 17.3. The molecule has 0 aliphatic carbocycles. The topological polar surface area (TPSA) is 30.5 Å². The minimum Gasteiger partial charge on any atom is -0.486 e. The second kappa shape index (κ2) is 8.89. The molecule has 5 heteroatoms. The maximum atomic E-state index is 14.3. The SMILES string of the molecule is C[C@H](CNc1ccc(OCc2ccccc2)c(F)c1)O[Si](C)(C)C(C)(C)C. The summed E-state index contributed by atoms with van der Waals surface area (Å²) in [5.41, 5.74) is 1.74. The van der Waals surface area contributed by atoms with E-state index >= 15 is 0 Å². The molecule has 0 aromatic heterocycles. The van der Waals surface area contributed by atoms with Crippen LogP contribution in [-0.2, 0) is 11.0 Å². The Bertz CT molecular complexity index is 729. The van der Waals surface area contributed by atoms with Gasteiger partial charge in [-0.1, -0.05) is 51.1 Å². The van der Waals surface area contributed by atoms with Crippen molar-refractivity contribution >= 4 is 14.0 Å². The van der Waals surface area contributed by atoms with Gasteiger partial charge in [-0.2, -0.15) is 0 Å². The van der Waals surface area contributed by atoms with E-state index in [4.69, 9.17) is 9.16 Å².